The Labute approximate surface area is 135 Å². The molecular weight excluding hydrogens is 337 g/mol. The molecule has 0 saturated carbocycles. The predicted octanol–water partition coefficient (Wildman–Crippen LogP) is 4.18. The first-order valence-corrected chi connectivity index (χ1v) is 6.92. The summed E-state index contributed by atoms with van der Waals surface area (Å²) < 4.78 is 0. The maximum absolute atomic E-state index is 11.9. The lowest BCUT2D eigenvalue weighted by atomic mass is 10.2. The van der Waals surface area contributed by atoms with Gasteiger partial charge in [-0.2, -0.15) is 0 Å². The summed E-state index contributed by atoms with van der Waals surface area (Å²) in [5.74, 6) is 0. The van der Waals surface area contributed by atoms with E-state index in [1.54, 1.807) is 18.2 Å². The van der Waals surface area contributed by atoms with Gasteiger partial charge in [-0.1, -0.05) is 40.9 Å². The second-order valence-corrected chi connectivity index (χ2v) is 5.19. The molecule has 0 atom stereocenters. The van der Waals surface area contributed by atoms with Crippen LogP contribution in [0.4, 0.5) is 16.2 Å². The van der Waals surface area contributed by atoms with E-state index in [4.69, 9.17) is 34.8 Å². The zero-order chi connectivity index (χ0) is 15.4. The fraction of sp³-hybridized carbons (Fsp3) is 0.0769. The number of aliphatic hydroxyl groups is 1. The van der Waals surface area contributed by atoms with Crippen molar-refractivity contribution in [3.63, 3.8) is 0 Å². The van der Waals surface area contributed by atoms with Crippen molar-refractivity contribution < 1.29 is 9.90 Å². The van der Waals surface area contributed by atoms with Crippen molar-refractivity contribution in [1.82, 2.24) is 4.98 Å². The van der Waals surface area contributed by atoms with E-state index in [2.05, 4.69) is 15.6 Å². The highest BCUT2D eigenvalue weighted by atomic mass is 35.5. The molecule has 3 N–H and O–H groups in total. The number of nitrogens with one attached hydrogen (secondary N) is 2. The van der Waals surface area contributed by atoms with Crippen molar-refractivity contribution >= 4 is 52.2 Å². The van der Waals surface area contributed by atoms with Crippen LogP contribution in [0.3, 0.4) is 0 Å². The number of rotatable bonds is 3. The van der Waals surface area contributed by atoms with Crippen LogP contribution < -0.4 is 10.6 Å². The van der Waals surface area contributed by atoms with Crippen LogP contribution in [0.15, 0.2) is 30.3 Å². The third-order valence-corrected chi connectivity index (χ3v) is 3.29. The van der Waals surface area contributed by atoms with Gasteiger partial charge in [0, 0.05) is 22.0 Å². The summed E-state index contributed by atoms with van der Waals surface area (Å²) in [6, 6.07) is 7.31. The van der Waals surface area contributed by atoms with Gasteiger partial charge < -0.3 is 15.7 Å². The molecule has 0 radical (unpaired) electrons. The van der Waals surface area contributed by atoms with Gasteiger partial charge >= 0.3 is 6.03 Å². The molecule has 0 spiro atoms. The standard InChI is InChI=1S/C13H10Cl3N3O2/c14-9-2-1-3-10(8(9)6-20)18-13(21)17-7-4-11(15)19-12(16)5-7/h1-5,20H,6H2,(H2,17,18,19,21). The lowest BCUT2D eigenvalue weighted by molar-refractivity contribution is 0.262. The number of carbonyl (C=O) groups is 1. The number of pyridine rings is 1. The van der Waals surface area contributed by atoms with Crippen molar-refractivity contribution in [2.45, 2.75) is 6.61 Å². The van der Waals surface area contributed by atoms with Crippen LogP contribution in [0, 0.1) is 0 Å². The Balaban J connectivity index is 2.13. The van der Waals surface area contributed by atoms with Crippen molar-refractivity contribution in [1.29, 1.82) is 0 Å². The molecule has 0 aliphatic rings. The van der Waals surface area contributed by atoms with E-state index in [9.17, 15) is 9.90 Å². The quantitative estimate of drug-likeness (QED) is 0.730. The van der Waals surface area contributed by atoms with Gasteiger partial charge in [0.1, 0.15) is 10.3 Å². The summed E-state index contributed by atoms with van der Waals surface area (Å²) in [4.78, 5) is 15.7. The molecule has 1 aromatic heterocycles. The molecule has 1 heterocycles. The lowest BCUT2D eigenvalue weighted by Crippen LogP contribution is -2.20. The first kappa shape index (κ1) is 15.9. The summed E-state index contributed by atoms with van der Waals surface area (Å²) in [6.45, 7) is -0.289. The number of amides is 2. The minimum Gasteiger partial charge on any atom is -0.392 e. The van der Waals surface area contributed by atoms with Crippen LogP contribution >= 0.6 is 34.8 Å². The normalized spacial score (nSPS) is 10.3. The smallest absolute Gasteiger partial charge is 0.323 e. The van der Waals surface area contributed by atoms with Gasteiger partial charge in [0.05, 0.1) is 6.61 Å². The molecule has 110 valence electrons. The topological polar surface area (TPSA) is 74.2 Å². The van der Waals surface area contributed by atoms with Gasteiger partial charge in [-0.05, 0) is 24.3 Å². The van der Waals surface area contributed by atoms with Crippen LogP contribution in [0.2, 0.25) is 15.3 Å². The molecule has 0 bridgehead atoms. The van der Waals surface area contributed by atoms with E-state index in [0.29, 0.717) is 22.0 Å². The molecule has 2 amide bonds. The van der Waals surface area contributed by atoms with Crippen LogP contribution in [0.5, 0.6) is 0 Å². The molecule has 0 unspecified atom stereocenters. The first-order valence-electron chi connectivity index (χ1n) is 5.79. The number of aliphatic hydroxyl groups excluding tert-OH is 1. The number of hydrogen-bond acceptors (Lipinski definition) is 3. The second-order valence-electron chi connectivity index (χ2n) is 4.00. The van der Waals surface area contributed by atoms with Crippen LogP contribution in [0.1, 0.15) is 5.56 Å². The predicted molar refractivity (Wildman–Crippen MR) is 84.3 cm³/mol. The zero-order valence-electron chi connectivity index (χ0n) is 10.5. The number of urea groups is 1. The molecule has 2 aromatic rings. The number of aromatic nitrogens is 1. The van der Waals surface area contributed by atoms with E-state index in [1.807, 2.05) is 0 Å². The molecular formula is C13H10Cl3N3O2. The lowest BCUT2D eigenvalue weighted by Gasteiger charge is -2.12. The maximum Gasteiger partial charge on any atom is 0.323 e. The van der Waals surface area contributed by atoms with E-state index in [-0.39, 0.29) is 16.9 Å². The van der Waals surface area contributed by atoms with E-state index >= 15 is 0 Å². The highest BCUT2D eigenvalue weighted by Crippen LogP contribution is 2.25. The van der Waals surface area contributed by atoms with E-state index in [1.165, 1.54) is 12.1 Å². The summed E-state index contributed by atoms with van der Waals surface area (Å²) in [5, 5.41) is 15.1. The monoisotopic (exact) mass is 345 g/mol. The van der Waals surface area contributed by atoms with Crippen molar-refractivity contribution in [3.05, 3.63) is 51.2 Å². The average molecular weight is 347 g/mol. The number of benzene rings is 1. The van der Waals surface area contributed by atoms with Gasteiger partial charge in [-0.3, -0.25) is 0 Å². The van der Waals surface area contributed by atoms with Gasteiger partial charge in [-0.25, -0.2) is 9.78 Å². The Morgan fingerprint density at radius 2 is 1.81 bits per heavy atom. The van der Waals surface area contributed by atoms with Crippen molar-refractivity contribution in [2.75, 3.05) is 10.6 Å². The second kappa shape index (κ2) is 6.95. The minimum atomic E-state index is -0.523. The summed E-state index contributed by atoms with van der Waals surface area (Å²) in [7, 11) is 0. The van der Waals surface area contributed by atoms with E-state index in [0.717, 1.165) is 0 Å². The highest BCUT2D eigenvalue weighted by molar-refractivity contribution is 6.33. The molecule has 0 aliphatic heterocycles. The van der Waals surface area contributed by atoms with E-state index < -0.39 is 6.03 Å². The Morgan fingerprint density at radius 1 is 1.14 bits per heavy atom. The molecule has 2 rings (SSSR count). The summed E-state index contributed by atoms with van der Waals surface area (Å²) in [6.07, 6.45) is 0. The number of anilines is 2. The maximum atomic E-state index is 11.9. The Kier molecular flexibility index (Phi) is 5.25. The summed E-state index contributed by atoms with van der Waals surface area (Å²) >= 11 is 17.4. The first-order chi connectivity index (χ1) is 9.99. The number of carbonyl (C=O) groups excluding carboxylic acids is 1. The average Bonchev–Trinajstić information content (AvgIpc) is 2.37. The van der Waals surface area contributed by atoms with Crippen molar-refractivity contribution in [3.8, 4) is 0 Å². The zero-order valence-corrected chi connectivity index (χ0v) is 12.8. The SMILES string of the molecule is O=C(Nc1cc(Cl)nc(Cl)c1)Nc1cccc(Cl)c1CO. The molecule has 0 aliphatic carbocycles. The van der Waals surface area contributed by atoms with Crippen molar-refractivity contribution in [2.24, 2.45) is 0 Å². The Bertz CT molecular complexity index is 659. The van der Waals surface area contributed by atoms with Crippen LogP contribution in [-0.4, -0.2) is 16.1 Å². The number of hydrogen-bond donors (Lipinski definition) is 3. The molecule has 0 fully saturated rings. The van der Waals surface area contributed by atoms with Gasteiger partial charge in [-0.15, -0.1) is 0 Å². The molecule has 1 aromatic carbocycles. The fourth-order valence-electron chi connectivity index (χ4n) is 1.66. The van der Waals surface area contributed by atoms with Gasteiger partial charge in [0.15, 0.2) is 0 Å². The minimum absolute atomic E-state index is 0.164. The fourth-order valence-corrected chi connectivity index (χ4v) is 2.35. The summed E-state index contributed by atoms with van der Waals surface area (Å²) in [5.41, 5.74) is 1.24. The third-order valence-electron chi connectivity index (χ3n) is 2.55. The van der Waals surface area contributed by atoms with Crippen LogP contribution in [0.25, 0.3) is 0 Å². The van der Waals surface area contributed by atoms with Crippen LogP contribution in [-0.2, 0) is 6.61 Å². The third kappa shape index (κ3) is 4.22. The number of halogens is 3. The molecule has 5 nitrogen and oxygen atoms in total. The highest BCUT2D eigenvalue weighted by Gasteiger charge is 2.10. The molecule has 0 saturated heterocycles. The van der Waals surface area contributed by atoms with Gasteiger partial charge in [0.2, 0.25) is 0 Å². The van der Waals surface area contributed by atoms with Gasteiger partial charge in [0.25, 0.3) is 0 Å². The Hall–Kier alpha value is -1.53. The Morgan fingerprint density at radius 3 is 2.43 bits per heavy atom. The molecule has 21 heavy (non-hydrogen) atoms. The number of nitrogens with zero attached hydrogens (tertiary/aromatic N) is 1. The largest absolute Gasteiger partial charge is 0.392 e. The molecule has 8 heteroatoms.